The van der Waals surface area contributed by atoms with Crippen LogP contribution in [-0.4, -0.2) is 22.8 Å². The summed E-state index contributed by atoms with van der Waals surface area (Å²) >= 11 is 3.30. The van der Waals surface area contributed by atoms with Crippen molar-refractivity contribution >= 4 is 33.4 Å². The number of hydrazine groups is 1. The lowest BCUT2D eigenvalue weighted by Crippen LogP contribution is -2.47. The van der Waals surface area contributed by atoms with Gasteiger partial charge in [0.05, 0.1) is 4.92 Å². The Morgan fingerprint density at radius 2 is 1.88 bits per heavy atom. The molecule has 2 rings (SSSR count). The van der Waals surface area contributed by atoms with Gasteiger partial charge in [0.25, 0.3) is 17.5 Å². The number of non-ortho nitro benzene ring substituents is 1. The largest absolute Gasteiger partial charge is 0.481 e. The van der Waals surface area contributed by atoms with Crippen LogP contribution < -0.4 is 15.6 Å². The molecule has 0 aliphatic carbocycles. The van der Waals surface area contributed by atoms with Crippen LogP contribution in [0.25, 0.3) is 0 Å². The zero-order valence-electron chi connectivity index (χ0n) is 13.1. The number of halogens is 1. The Bertz CT molecular complexity index is 812. The number of ether oxygens (including phenoxy) is 1. The van der Waals surface area contributed by atoms with Crippen molar-refractivity contribution < 1.29 is 19.2 Å². The molecule has 0 heterocycles. The minimum atomic E-state index is -0.861. The Labute approximate surface area is 151 Å². The molecule has 1 atom stereocenters. The van der Waals surface area contributed by atoms with Gasteiger partial charge in [0.2, 0.25) is 0 Å². The molecule has 2 aromatic rings. The van der Waals surface area contributed by atoms with Gasteiger partial charge < -0.3 is 4.74 Å². The summed E-state index contributed by atoms with van der Waals surface area (Å²) in [5.41, 5.74) is 4.25. The summed E-state index contributed by atoms with van der Waals surface area (Å²) in [5, 5.41) is 10.7. The van der Waals surface area contributed by atoms with Crippen molar-refractivity contribution in [3.63, 3.8) is 0 Å². The summed E-state index contributed by atoms with van der Waals surface area (Å²) in [6, 6.07) is 12.1. The van der Waals surface area contributed by atoms with E-state index >= 15 is 0 Å². The molecule has 0 saturated carbocycles. The monoisotopic (exact) mass is 407 g/mol. The fourth-order valence-corrected chi connectivity index (χ4v) is 2.23. The lowest BCUT2D eigenvalue weighted by molar-refractivity contribution is -0.384. The third-order valence-electron chi connectivity index (χ3n) is 3.10. The van der Waals surface area contributed by atoms with Crippen molar-refractivity contribution in [3.05, 3.63) is 68.7 Å². The Kier molecular flexibility index (Phi) is 6.07. The van der Waals surface area contributed by atoms with Gasteiger partial charge in [-0.2, -0.15) is 0 Å². The predicted molar refractivity (Wildman–Crippen MR) is 92.9 cm³/mol. The number of benzene rings is 2. The molecule has 2 amide bonds. The normalized spacial score (nSPS) is 11.3. The summed E-state index contributed by atoms with van der Waals surface area (Å²) in [6.45, 7) is 1.52. The SMILES string of the molecule is C[C@@H](Oc1cccc(Br)c1)C(=O)NNC(=O)c1cccc([N+](=O)[O-])c1. The van der Waals surface area contributed by atoms with Crippen LogP contribution in [-0.2, 0) is 4.79 Å². The first-order chi connectivity index (χ1) is 11.9. The number of nitro groups is 1. The third-order valence-corrected chi connectivity index (χ3v) is 3.59. The molecule has 130 valence electrons. The molecule has 8 nitrogen and oxygen atoms in total. The number of carbonyl (C=O) groups is 2. The number of carbonyl (C=O) groups excluding carboxylic acids is 2. The first-order valence-electron chi connectivity index (χ1n) is 7.13. The highest BCUT2D eigenvalue weighted by Gasteiger charge is 2.17. The molecule has 0 spiro atoms. The number of rotatable bonds is 5. The molecular weight excluding hydrogens is 394 g/mol. The zero-order chi connectivity index (χ0) is 18.4. The second-order valence-electron chi connectivity index (χ2n) is 4.97. The predicted octanol–water partition coefficient (Wildman–Crippen LogP) is 2.59. The topological polar surface area (TPSA) is 111 Å². The number of nitrogens with one attached hydrogen (secondary N) is 2. The zero-order valence-corrected chi connectivity index (χ0v) is 14.6. The van der Waals surface area contributed by atoms with E-state index in [1.807, 2.05) is 6.07 Å². The molecule has 9 heteroatoms. The molecule has 0 fully saturated rings. The molecule has 25 heavy (non-hydrogen) atoms. The number of nitrogens with zero attached hydrogens (tertiary/aromatic N) is 1. The van der Waals surface area contributed by atoms with Gasteiger partial charge in [0.15, 0.2) is 6.10 Å². The van der Waals surface area contributed by atoms with Crippen LogP contribution in [0.3, 0.4) is 0 Å². The van der Waals surface area contributed by atoms with Crippen molar-refractivity contribution in [2.24, 2.45) is 0 Å². The maximum absolute atomic E-state index is 12.0. The maximum atomic E-state index is 12.0. The van der Waals surface area contributed by atoms with E-state index in [1.54, 1.807) is 18.2 Å². The number of nitro benzene ring substituents is 1. The van der Waals surface area contributed by atoms with E-state index in [1.165, 1.54) is 25.1 Å². The van der Waals surface area contributed by atoms with Crippen molar-refractivity contribution in [2.45, 2.75) is 13.0 Å². The maximum Gasteiger partial charge on any atom is 0.279 e. The molecule has 0 bridgehead atoms. The highest BCUT2D eigenvalue weighted by atomic mass is 79.9. The van der Waals surface area contributed by atoms with Gasteiger partial charge in [-0.3, -0.25) is 30.6 Å². The first-order valence-corrected chi connectivity index (χ1v) is 7.93. The van der Waals surface area contributed by atoms with Gasteiger partial charge in [-0.05, 0) is 31.2 Å². The van der Waals surface area contributed by atoms with Crippen LogP contribution in [0.1, 0.15) is 17.3 Å². The van der Waals surface area contributed by atoms with Crippen LogP contribution in [0, 0.1) is 10.1 Å². The molecule has 0 aliphatic rings. The summed E-state index contributed by atoms with van der Waals surface area (Å²) in [7, 11) is 0. The van der Waals surface area contributed by atoms with Crippen molar-refractivity contribution in [1.82, 2.24) is 10.9 Å². The van der Waals surface area contributed by atoms with E-state index in [0.29, 0.717) is 5.75 Å². The Morgan fingerprint density at radius 1 is 1.16 bits per heavy atom. The summed E-state index contributed by atoms with van der Waals surface area (Å²) < 4.78 is 6.27. The van der Waals surface area contributed by atoms with Crippen molar-refractivity contribution in [3.8, 4) is 5.75 Å². The van der Waals surface area contributed by atoms with Gasteiger partial charge in [0, 0.05) is 22.2 Å². The summed E-state index contributed by atoms with van der Waals surface area (Å²) in [4.78, 5) is 34.0. The van der Waals surface area contributed by atoms with E-state index in [0.717, 1.165) is 10.5 Å². The molecule has 0 radical (unpaired) electrons. The standard InChI is InChI=1S/C16H14BrN3O5/c1-10(25-14-7-3-5-12(17)9-14)15(21)18-19-16(22)11-4-2-6-13(8-11)20(23)24/h2-10H,1H3,(H,18,21)(H,19,22)/t10-/m1/s1. The number of amides is 2. The second kappa shape index (κ2) is 8.25. The highest BCUT2D eigenvalue weighted by molar-refractivity contribution is 9.10. The van der Waals surface area contributed by atoms with Crippen LogP contribution >= 0.6 is 15.9 Å². The van der Waals surface area contributed by atoms with E-state index in [4.69, 9.17) is 4.74 Å². The second-order valence-corrected chi connectivity index (χ2v) is 5.88. The van der Waals surface area contributed by atoms with Gasteiger partial charge >= 0.3 is 0 Å². The fourth-order valence-electron chi connectivity index (χ4n) is 1.85. The fraction of sp³-hybridized carbons (Fsp3) is 0.125. The van der Waals surface area contributed by atoms with E-state index < -0.39 is 22.8 Å². The lowest BCUT2D eigenvalue weighted by atomic mass is 10.2. The average molecular weight is 408 g/mol. The van der Waals surface area contributed by atoms with Crippen LogP contribution in [0.15, 0.2) is 53.0 Å². The highest BCUT2D eigenvalue weighted by Crippen LogP contribution is 2.18. The smallest absolute Gasteiger partial charge is 0.279 e. The number of hydrogen-bond acceptors (Lipinski definition) is 5. The van der Waals surface area contributed by atoms with Crippen molar-refractivity contribution in [1.29, 1.82) is 0 Å². The molecule has 0 saturated heterocycles. The molecule has 2 aromatic carbocycles. The van der Waals surface area contributed by atoms with Crippen LogP contribution in [0.2, 0.25) is 0 Å². The summed E-state index contributed by atoms with van der Waals surface area (Å²) in [5.74, 6) is -0.757. The van der Waals surface area contributed by atoms with E-state index in [9.17, 15) is 19.7 Å². The van der Waals surface area contributed by atoms with E-state index in [2.05, 4.69) is 26.8 Å². The summed E-state index contributed by atoms with van der Waals surface area (Å²) in [6.07, 6.45) is -0.861. The third kappa shape index (κ3) is 5.28. The van der Waals surface area contributed by atoms with Gasteiger partial charge in [-0.15, -0.1) is 0 Å². The van der Waals surface area contributed by atoms with Gasteiger partial charge in [-0.25, -0.2) is 0 Å². The average Bonchev–Trinajstić information content (AvgIpc) is 2.59. The van der Waals surface area contributed by atoms with Gasteiger partial charge in [0.1, 0.15) is 5.75 Å². The minimum absolute atomic E-state index is 0.0510. The van der Waals surface area contributed by atoms with Gasteiger partial charge in [-0.1, -0.05) is 28.1 Å². The molecule has 0 aliphatic heterocycles. The van der Waals surface area contributed by atoms with Crippen LogP contribution in [0.4, 0.5) is 5.69 Å². The first kappa shape index (κ1) is 18.4. The molecule has 0 aromatic heterocycles. The Hall–Kier alpha value is -2.94. The molecular formula is C16H14BrN3O5. The Balaban J connectivity index is 1.91. The van der Waals surface area contributed by atoms with Crippen molar-refractivity contribution in [2.75, 3.05) is 0 Å². The molecule has 0 unspecified atom stereocenters. The minimum Gasteiger partial charge on any atom is -0.481 e. The lowest BCUT2D eigenvalue weighted by Gasteiger charge is -2.15. The quantitative estimate of drug-likeness (QED) is 0.584. The van der Waals surface area contributed by atoms with E-state index in [-0.39, 0.29) is 11.3 Å². The Morgan fingerprint density at radius 3 is 2.56 bits per heavy atom. The molecule has 2 N–H and O–H groups in total. The number of hydrogen-bond donors (Lipinski definition) is 2. The van der Waals surface area contributed by atoms with Crippen LogP contribution in [0.5, 0.6) is 5.75 Å².